The fraction of sp³-hybridized carbons (Fsp3) is 0.158. The van der Waals surface area contributed by atoms with Crippen LogP contribution in [0.25, 0.3) is 0 Å². The molecule has 26 heavy (non-hydrogen) atoms. The average Bonchev–Trinajstić information content (AvgIpc) is 3.14. The highest BCUT2D eigenvalue weighted by Crippen LogP contribution is 2.19. The number of hydrogen-bond donors (Lipinski definition) is 1. The van der Waals surface area contributed by atoms with E-state index in [1.165, 1.54) is 0 Å². The number of carbonyl (C=O) groups is 1. The molecule has 0 unspecified atom stereocenters. The number of aromatic nitrogens is 2. The first-order valence-corrected chi connectivity index (χ1v) is 8.45. The van der Waals surface area contributed by atoms with Crippen molar-refractivity contribution in [2.24, 2.45) is 0 Å². The summed E-state index contributed by atoms with van der Waals surface area (Å²) in [5, 5.41) is 7.45. The molecule has 134 valence electrons. The number of rotatable bonds is 8. The van der Waals surface area contributed by atoms with Gasteiger partial charge >= 0.3 is 0 Å². The van der Waals surface area contributed by atoms with Gasteiger partial charge in [0.1, 0.15) is 18.1 Å². The van der Waals surface area contributed by atoms with Gasteiger partial charge in [0.05, 0.1) is 6.54 Å². The first-order valence-electron chi connectivity index (χ1n) is 8.07. The molecule has 1 aromatic heterocycles. The van der Waals surface area contributed by atoms with E-state index < -0.39 is 0 Å². The Balaban J connectivity index is 1.47. The minimum Gasteiger partial charge on any atom is -0.492 e. The first kappa shape index (κ1) is 17.8. The highest BCUT2D eigenvalue weighted by atomic mass is 35.5. The Kier molecular flexibility index (Phi) is 6.11. The summed E-state index contributed by atoms with van der Waals surface area (Å²) in [7, 11) is 0. The number of nitrogens with zero attached hydrogens (tertiary/aromatic N) is 2. The van der Waals surface area contributed by atoms with Crippen LogP contribution >= 0.6 is 11.6 Å². The zero-order chi connectivity index (χ0) is 18.2. The van der Waals surface area contributed by atoms with Crippen molar-refractivity contribution in [3.05, 3.63) is 72.0 Å². The Labute approximate surface area is 156 Å². The highest BCUT2D eigenvalue weighted by Gasteiger charge is 2.05. The van der Waals surface area contributed by atoms with Gasteiger partial charge in [0.25, 0.3) is 5.91 Å². The molecule has 0 radical (unpaired) electrons. The van der Waals surface area contributed by atoms with Gasteiger partial charge in [0.15, 0.2) is 6.61 Å². The van der Waals surface area contributed by atoms with Gasteiger partial charge in [-0.1, -0.05) is 23.7 Å². The van der Waals surface area contributed by atoms with Crippen molar-refractivity contribution in [1.29, 1.82) is 0 Å². The van der Waals surface area contributed by atoms with Crippen molar-refractivity contribution in [2.75, 3.05) is 18.5 Å². The summed E-state index contributed by atoms with van der Waals surface area (Å²) in [4.78, 5) is 12.0. The van der Waals surface area contributed by atoms with Crippen LogP contribution in [0.5, 0.6) is 11.5 Å². The first-order chi connectivity index (χ1) is 12.7. The molecule has 7 heteroatoms. The molecule has 0 saturated heterocycles. The molecule has 0 bridgehead atoms. The molecule has 0 aliphatic carbocycles. The van der Waals surface area contributed by atoms with E-state index >= 15 is 0 Å². The third-order valence-corrected chi connectivity index (χ3v) is 3.67. The number of ether oxygens (including phenoxy) is 2. The summed E-state index contributed by atoms with van der Waals surface area (Å²) < 4.78 is 12.9. The molecule has 6 nitrogen and oxygen atoms in total. The normalized spacial score (nSPS) is 10.3. The lowest BCUT2D eigenvalue weighted by Gasteiger charge is -2.10. The van der Waals surface area contributed by atoms with Crippen molar-refractivity contribution in [2.45, 2.75) is 6.54 Å². The summed E-state index contributed by atoms with van der Waals surface area (Å²) in [6.45, 7) is 1.03. The average molecular weight is 372 g/mol. The van der Waals surface area contributed by atoms with Crippen LogP contribution in [0.2, 0.25) is 5.02 Å². The second kappa shape index (κ2) is 8.92. The van der Waals surface area contributed by atoms with Crippen molar-refractivity contribution in [3.63, 3.8) is 0 Å². The molecule has 3 aromatic rings. The predicted octanol–water partition coefficient (Wildman–Crippen LogP) is 3.63. The molecule has 2 aromatic carbocycles. The molecule has 1 N–H and O–H groups in total. The number of hydrogen-bond acceptors (Lipinski definition) is 4. The van der Waals surface area contributed by atoms with E-state index in [2.05, 4.69) is 10.4 Å². The quantitative estimate of drug-likeness (QED) is 0.656. The van der Waals surface area contributed by atoms with Crippen LogP contribution in [-0.4, -0.2) is 28.9 Å². The van der Waals surface area contributed by atoms with Gasteiger partial charge in [-0.05, 0) is 36.4 Å². The van der Waals surface area contributed by atoms with Crippen LogP contribution in [-0.2, 0) is 11.3 Å². The van der Waals surface area contributed by atoms with Gasteiger partial charge in [-0.25, -0.2) is 0 Å². The zero-order valence-corrected chi connectivity index (χ0v) is 14.7. The van der Waals surface area contributed by atoms with Gasteiger partial charge < -0.3 is 14.8 Å². The number of amides is 1. The van der Waals surface area contributed by atoms with Gasteiger partial charge in [-0.15, -0.1) is 0 Å². The van der Waals surface area contributed by atoms with E-state index in [0.29, 0.717) is 35.4 Å². The van der Waals surface area contributed by atoms with Crippen LogP contribution in [0, 0.1) is 0 Å². The van der Waals surface area contributed by atoms with Crippen LogP contribution < -0.4 is 14.8 Å². The standard InChI is InChI=1S/C19H18ClN3O3/c20-15-4-1-6-17(12-15)26-14-19(24)22-16-5-2-7-18(13-16)25-11-10-23-9-3-8-21-23/h1-9,12-13H,10-11,14H2,(H,22,24). The Morgan fingerprint density at radius 3 is 2.65 bits per heavy atom. The highest BCUT2D eigenvalue weighted by molar-refractivity contribution is 6.30. The molecule has 1 heterocycles. The fourth-order valence-corrected chi connectivity index (χ4v) is 2.44. The fourth-order valence-electron chi connectivity index (χ4n) is 2.26. The van der Waals surface area contributed by atoms with Crippen LogP contribution in [0.4, 0.5) is 5.69 Å². The van der Waals surface area contributed by atoms with Gasteiger partial charge in [0, 0.05) is 29.2 Å². The van der Waals surface area contributed by atoms with Gasteiger partial charge in [-0.2, -0.15) is 5.10 Å². The van der Waals surface area contributed by atoms with Gasteiger partial charge in [0.2, 0.25) is 0 Å². The molecular weight excluding hydrogens is 354 g/mol. The van der Waals surface area contributed by atoms with Crippen molar-refractivity contribution in [1.82, 2.24) is 9.78 Å². The summed E-state index contributed by atoms with van der Waals surface area (Å²) in [6, 6.07) is 16.0. The maximum Gasteiger partial charge on any atom is 0.262 e. The second-order valence-electron chi connectivity index (χ2n) is 5.44. The Hall–Kier alpha value is -2.99. The second-order valence-corrected chi connectivity index (χ2v) is 5.88. The van der Waals surface area contributed by atoms with Crippen molar-refractivity contribution >= 4 is 23.2 Å². The largest absolute Gasteiger partial charge is 0.492 e. The lowest BCUT2D eigenvalue weighted by atomic mass is 10.3. The minimum atomic E-state index is -0.265. The van der Waals surface area contributed by atoms with E-state index in [4.69, 9.17) is 21.1 Å². The van der Waals surface area contributed by atoms with E-state index in [9.17, 15) is 4.79 Å². The Morgan fingerprint density at radius 2 is 1.88 bits per heavy atom. The molecule has 0 saturated carbocycles. The lowest BCUT2D eigenvalue weighted by Crippen LogP contribution is -2.20. The van der Waals surface area contributed by atoms with Crippen LogP contribution in [0.15, 0.2) is 67.0 Å². The molecule has 3 rings (SSSR count). The zero-order valence-electron chi connectivity index (χ0n) is 14.0. The molecule has 0 fully saturated rings. The number of halogens is 1. The molecular formula is C19H18ClN3O3. The van der Waals surface area contributed by atoms with Crippen molar-refractivity contribution in [3.8, 4) is 11.5 Å². The van der Waals surface area contributed by atoms with E-state index in [0.717, 1.165) is 0 Å². The summed E-state index contributed by atoms with van der Waals surface area (Å²) >= 11 is 5.88. The molecule has 0 aliphatic heterocycles. The number of anilines is 1. The third-order valence-electron chi connectivity index (χ3n) is 3.43. The number of nitrogens with one attached hydrogen (secondary N) is 1. The summed E-state index contributed by atoms with van der Waals surface area (Å²) in [6.07, 6.45) is 3.60. The molecule has 0 aliphatic rings. The van der Waals surface area contributed by atoms with Crippen LogP contribution in [0.1, 0.15) is 0 Å². The summed E-state index contributed by atoms with van der Waals surface area (Å²) in [5.74, 6) is 0.952. The Morgan fingerprint density at radius 1 is 1.08 bits per heavy atom. The van der Waals surface area contributed by atoms with Crippen molar-refractivity contribution < 1.29 is 14.3 Å². The SMILES string of the molecule is O=C(COc1cccc(Cl)c1)Nc1cccc(OCCn2cccn2)c1. The summed E-state index contributed by atoms with van der Waals surface area (Å²) in [5.41, 5.74) is 0.640. The van der Waals surface area contributed by atoms with Gasteiger partial charge in [-0.3, -0.25) is 9.48 Å². The van der Waals surface area contributed by atoms with Crippen LogP contribution in [0.3, 0.4) is 0 Å². The number of carbonyl (C=O) groups excluding carboxylic acids is 1. The topological polar surface area (TPSA) is 65.4 Å². The third kappa shape index (κ3) is 5.53. The van der Waals surface area contributed by atoms with E-state index in [-0.39, 0.29) is 12.5 Å². The monoisotopic (exact) mass is 371 g/mol. The minimum absolute atomic E-state index is 0.106. The smallest absolute Gasteiger partial charge is 0.262 e. The molecule has 0 spiro atoms. The molecule has 1 amide bonds. The lowest BCUT2D eigenvalue weighted by molar-refractivity contribution is -0.118. The maximum absolute atomic E-state index is 12.0. The van der Waals surface area contributed by atoms with E-state index in [1.807, 2.05) is 24.4 Å². The maximum atomic E-state index is 12.0. The van der Waals surface area contributed by atoms with E-state index in [1.54, 1.807) is 47.3 Å². The molecule has 0 atom stereocenters. The Bertz CT molecular complexity index is 853. The number of benzene rings is 2. The predicted molar refractivity (Wildman–Crippen MR) is 99.7 cm³/mol.